The van der Waals surface area contributed by atoms with Crippen molar-refractivity contribution in [2.75, 3.05) is 17.7 Å². The van der Waals surface area contributed by atoms with Gasteiger partial charge in [0.25, 0.3) is 0 Å². The van der Waals surface area contributed by atoms with Crippen LogP contribution in [0, 0.1) is 5.92 Å². The molecule has 5 nitrogen and oxygen atoms in total. The van der Waals surface area contributed by atoms with Gasteiger partial charge in [-0.2, -0.15) is 0 Å². The summed E-state index contributed by atoms with van der Waals surface area (Å²) >= 11 is 0. The molecule has 1 saturated carbocycles. The molecule has 2 atom stereocenters. The van der Waals surface area contributed by atoms with Gasteiger partial charge in [-0.05, 0) is 31.0 Å². The average Bonchev–Trinajstić information content (AvgIpc) is 2.47. The van der Waals surface area contributed by atoms with Crippen molar-refractivity contribution < 1.29 is 5.11 Å². The Morgan fingerprint density at radius 1 is 1.25 bits per heavy atom. The Morgan fingerprint density at radius 2 is 2.10 bits per heavy atom. The minimum atomic E-state index is 0.230. The zero-order valence-corrected chi connectivity index (χ0v) is 11.4. The summed E-state index contributed by atoms with van der Waals surface area (Å²) in [6.45, 7) is 0.230. The van der Waals surface area contributed by atoms with Crippen molar-refractivity contribution in [1.29, 1.82) is 0 Å². The summed E-state index contributed by atoms with van der Waals surface area (Å²) in [5.74, 6) is 1.14. The van der Waals surface area contributed by atoms with Crippen LogP contribution in [-0.2, 0) is 0 Å². The van der Waals surface area contributed by atoms with E-state index in [1.54, 1.807) is 6.33 Å². The lowest BCUT2D eigenvalue weighted by Gasteiger charge is -2.31. The number of aliphatic hydroxyl groups is 1. The van der Waals surface area contributed by atoms with Gasteiger partial charge in [-0.3, -0.25) is 0 Å². The number of benzene rings is 1. The Hall–Kier alpha value is -1.88. The van der Waals surface area contributed by atoms with Gasteiger partial charge in [0.15, 0.2) is 0 Å². The van der Waals surface area contributed by atoms with Crippen LogP contribution < -0.4 is 11.1 Å². The summed E-state index contributed by atoms with van der Waals surface area (Å²) in [6.07, 6.45) is 6.10. The first-order valence-electron chi connectivity index (χ1n) is 7.15. The van der Waals surface area contributed by atoms with Crippen LogP contribution in [0.2, 0.25) is 0 Å². The molecule has 20 heavy (non-hydrogen) atoms. The molecule has 5 heteroatoms. The highest BCUT2D eigenvalue weighted by molar-refractivity contribution is 5.90. The van der Waals surface area contributed by atoms with Crippen LogP contribution >= 0.6 is 0 Å². The minimum Gasteiger partial charge on any atom is -0.399 e. The summed E-state index contributed by atoms with van der Waals surface area (Å²) < 4.78 is 0. The molecule has 1 aliphatic carbocycles. The fourth-order valence-corrected chi connectivity index (χ4v) is 2.98. The monoisotopic (exact) mass is 272 g/mol. The number of aromatic nitrogens is 2. The molecule has 106 valence electrons. The van der Waals surface area contributed by atoms with E-state index in [4.69, 9.17) is 5.73 Å². The second kappa shape index (κ2) is 5.63. The number of nitrogens with zero attached hydrogens (tertiary/aromatic N) is 2. The van der Waals surface area contributed by atoms with Gasteiger partial charge in [0.2, 0.25) is 0 Å². The molecular weight excluding hydrogens is 252 g/mol. The zero-order valence-electron chi connectivity index (χ0n) is 11.4. The molecule has 1 aliphatic rings. The SMILES string of the molecule is Nc1ccc2c(NC3CCCCC3CO)ncnc2c1. The average molecular weight is 272 g/mol. The fraction of sp³-hybridized carbons (Fsp3) is 0.467. The van der Waals surface area contributed by atoms with E-state index in [-0.39, 0.29) is 12.6 Å². The molecule has 0 saturated heterocycles. The number of nitrogens with two attached hydrogens (primary N) is 1. The van der Waals surface area contributed by atoms with Crippen LogP contribution in [0.25, 0.3) is 10.9 Å². The predicted molar refractivity (Wildman–Crippen MR) is 80.4 cm³/mol. The minimum absolute atomic E-state index is 0.230. The second-order valence-corrected chi connectivity index (χ2v) is 5.48. The maximum Gasteiger partial charge on any atom is 0.137 e. The standard InChI is InChI=1S/C15H20N4O/c16-11-5-6-12-14(7-11)17-9-18-15(12)19-13-4-2-1-3-10(13)8-20/h5-7,9-10,13,20H,1-4,8,16H2,(H,17,18,19). The molecule has 1 aromatic heterocycles. The van der Waals surface area contributed by atoms with Crippen LogP contribution in [0.1, 0.15) is 25.7 Å². The summed E-state index contributed by atoms with van der Waals surface area (Å²) in [7, 11) is 0. The van der Waals surface area contributed by atoms with Crippen molar-refractivity contribution in [3.63, 3.8) is 0 Å². The molecule has 0 bridgehead atoms. The molecule has 1 fully saturated rings. The molecular formula is C15H20N4O. The largest absolute Gasteiger partial charge is 0.399 e. The van der Waals surface area contributed by atoms with Gasteiger partial charge < -0.3 is 16.2 Å². The number of anilines is 2. The molecule has 4 N–H and O–H groups in total. The van der Waals surface area contributed by atoms with E-state index in [0.717, 1.165) is 29.6 Å². The Kier molecular flexibility index (Phi) is 3.69. The molecule has 2 aromatic rings. The normalized spacial score (nSPS) is 22.9. The van der Waals surface area contributed by atoms with Crippen LogP contribution in [0.15, 0.2) is 24.5 Å². The van der Waals surface area contributed by atoms with Crippen molar-refractivity contribution in [2.24, 2.45) is 5.92 Å². The van der Waals surface area contributed by atoms with Crippen LogP contribution in [0.4, 0.5) is 11.5 Å². The summed E-state index contributed by atoms with van der Waals surface area (Å²) in [5.41, 5.74) is 7.34. The highest BCUT2D eigenvalue weighted by Crippen LogP contribution is 2.29. The number of hydrogen-bond acceptors (Lipinski definition) is 5. The first kappa shape index (κ1) is 13.1. The molecule has 0 amide bonds. The number of fused-ring (bicyclic) bond motifs is 1. The van der Waals surface area contributed by atoms with Gasteiger partial charge in [-0.15, -0.1) is 0 Å². The van der Waals surface area contributed by atoms with Crippen molar-refractivity contribution in [3.8, 4) is 0 Å². The first-order chi connectivity index (χ1) is 9.78. The number of nitrogens with one attached hydrogen (secondary N) is 1. The number of rotatable bonds is 3. The molecule has 0 spiro atoms. The smallest absolute Gasteiger partial charge is 0.137 e. The van der Waals surface area contributed by atoms with Crippen LogP contribution in [0.3, 0.4) is 0 Å². The van der Waals surface area contributed by atoms with E-state index in [0.29, 0.717) is 11.6 Å². The molecule has 2 unspecified atom stereocenters. The molecule has 0 radical (unpaired) electrons. The predicted octanol–water partition coefficient (Wildman–Crippen LogP) is 2.17. The third kappa shape index (κ3) is 2.54. The second-order valence-electron chi connectivity index (χ2n) is 5.48. The lowest BCUT2D eigenvalue weighted by Crippen LogP contribution is -2.34. The molecule has 3 rings (SSSR count). The van der Waals surface area contributed by atoms with E-state index in [2.05, 4.69) is 15.3 Å². The summed E-state index contributed by atoms with van der Waals surface area (Å²) in [6, 6.07) is 5.95. The van der Waals surface area contributed by atoms with Crippen molar-refractivity contribution in [3.05, 3.63) is 24.5 Å². The quantitative estimate of drug-likeness (QED) is 0.746. The van der Waals surface area contributed by atoms with Gasteiger partial charge in [-0.25, -0.2) is 9.97 Å². The van der Waals surface area contributed by atoms with Crippen LogP contribution in [-0.4, -0.2) is 27.7 Å². The highest BCUT2D eigenvalue weighted by atomic mass is 16.3. The summed E-state index contributed by atoms with van der Waals surface area (Å²) in [5, 5.41) is 14.0. The van der Waals surface area contributed by atoms with E-state index in [9.17, 15) is 5.11 Å². The number of nitrogen functional groups attached to an aromatic ring is 1. The maximum atomic E-state index is 9.50. The number of aliphatic hydroxyl groups excluding tert-OH is 1. The zero-order chi connectivity index (χ0) is 13.9. The van der Waals surface area contributed by atoms with Gasteiger partial charge in [0.05, 0.1) is 5.52 Å². The van der Waals surface area contributed by atoms with E-state index >= 15 is 0 Å². The Balaban J connectivity index is 1.90. The highest BCUT2D eigenvalue weighted by Gasteiger charge is 2.25. The van der Waals surface area contributed by atoms with Gasteiger partial charge in [0, 0.05) is 29.6 Å². The van der Waals surface area contributed by atoms with Gasteiger partial charge >= 0.3 is 0 Å². The van der Waals surface area contributed by atoms with E-state index in [1.807, 2.05) is 18.2 Å². The lowest BCUT2D eigenvalue weighted by atomic mass is 9.85. The molecule has 1 aromatic carbocycles. The van der Waals surface area contributed by atoms with E-state index in [1.165, 1.54) is 12.8 Å². The van der Waals surface area contributed by atoms with Crippen molar-refractivity contribution in [2.45, 2.75) is 31.7 Å². The Labute approximate surface area is 118 Å². The van der Waals surface area contributed by atoms with Crippen molar-refractivity contribution >= 4 is 22.4 Å². The number of hydrogen-bond donors (Lipinski definition) is 3. The summed E-state index contributed by atoms with van der Waals surface area (Å²) in [4.78, 5) is 8.61. The van der Waals surface area contributed by atoms with E-state index < -0.39 is 0 Å². The lowest BCUT2D eigenvalue weighted by molar-refractivity contribution is 0.178. The Morgan fingerprint density at radius 3 is 2.95 bits per heavy atom. The van der Waals surface area contributed by atoms with Crippen LogP contribution in [0.5, 0.6) is 0 Å². The fourth-order valence-electron chi connectivity index (χ4n) is 2.98. The van der Waals surface area contributed by atoms with Crippen molar-refractivity contribution in [1.82, 2.24) is 9.97 Å². The topological polar surface area (TPSA) is 84.1 Å². The first-order valence-corrected chi connectivity index (χ1v) is 7.15. The maximum absolute atomic E-state index is 9.50. The third-order valence-corrected chi connectivity index (χ3v) is 4.13. The van der Waals surface area contributed by atoms with Gasteiger partial charge in [-0.1, -0.05) is 12.8 Å². The van der Waals surface area contributed by atoms with Gasteiger partial charge in [0.1, 0.15) is 12.1 Å². The Bertz CT molecular complexity index is 601. The molecule has 1 heterocycles. The third-order valence-electron chi connectivity index (χ3n) is 4.13. The molecule has 0 aliphatic heterocycles.